The maximum absolute atomic E-state index is 12.0. The summed E-state index contributed by atoms with van der Waals surface area (Å²) in [5.41, 5.74) is 12.8. The normalized spacial score (nSPS) is 17.9. The van der Waals surface area contributed by atoms with E-state index in [0.717, 1.165) is 46.9 Å². The van der Waals surface area contributed by atoms with Crippen molar-refractivity contribution in [1.29, 1.82) is 0 Å². The second kappa shape index (κ2) is 10.5. The Bertz CT molecular complexity index is 1130. The third kappa shape index (κ3) is 5.94. The van der Waals surface area contributed by atoms with Gasteiger partial charge in [-0.3, -0.25) is 4.79 Å². The van der Waals surface area contributed by atoms with E-state index in [-0.39, 0.29) is 17.6 Å². The SMILES string of the molecule is COc1cccc(Sc2cccc(Nc3nc(NC4CCCCC4N)ncc3C(N)=O)c2)c1. The molecule has 8 nitrogen and oxygen atoms in total. The van der Waals surface area contributed by atoms with Gasteiger partial charge in [0.15, 0.2) is 0 Å². The molecule has 6 N–H and O–H groups in total. The van der Waals surface area contributed by atoms with Crippen LogP contribution in [0.25, 0.3) is 0 Å². The third-order valence-electron chi connectivity index (χ3n) is 5.56. The second-order valence-electron chi connectivity index (χ2n) is 7.95. The van der Waals surface area contributed by atoms with E-state index in [4.69, 9.17) is 16.2 Å². The van der Waals surface area contributed by atoms with Gasteiger partial charge in [-0.05, 0) is 49.2 Å². The first kappa shape index (κ1) is 22.9. The monoisotopic (exact) mass is 464 g/mol. The molecule has 1 saturated carbocycles. The van der Waals surface area contributed by atoms with Crippen molar-refractivity contribution in [2.24, 2.45) is 11.5 Å². The number of hydrogen-bond donors (Lipinski definition) is 4. The molecule has 3 aromatic rings. The summed E-state index contributed by atoms with van der Waals surface area (Å²) in [5, 5.41) is 6.55. The quantitative estimate of drug-likeness (QED) is 0.391. The highest BCUT2D eigenvalue weighted by Gasteiger charge is 2.23. The van der Waals surface area contributed by atoms with Gasteiger partial charge < -0.3 is 26.8 Å². The summed E-state index contributed by atoms with van der Waals surface area (Å²) in [5.74, 6) is 0.985. The van der Waals surface area contributed by atoms with Gasteiger partial charge in [-0.25, -0.2) is 4.98 Å². The number of hydrogen-bond acceptors (Lipinski definition) is 8. The lowest BCUT2D eigenvalue weighted by Gasteiger charge is -2.29. The molecular formula is C24H28N6O2S. The Hall–Kier alpha value is -3.30. The summed E-state index contributed by atoms with van der Waals surface area (Å²) in [4.78, 5) is 22.9. The molecule has 1 aliphatic carbocycles. The lowest BCUT2D eigenvalue weighted by Crippen LogP contribution is -2.43. The molecule has 0 bridgehead atoms. The molecule has 2 atom stereocenters. The topological polar surface area (TPSA) is 128 Å². The van der Waals surface area contributed by atoms with Crippen LogP contribution in [-0.2, 0) is 0 Å². The molecule has 33 heavy (non-hydrogen) atoms. The van der Waals surface area contributed by atoms with Crippen LogP contribution in [0.5, 0.6) is 5.75 Å². The van der Waals surface area contributed by atoms with Crippen LogP contribution in [0, 0.1) is 0 Å². The minimum Gasteiger partial charge on any atom is -0.497 e. The van der Waals surface area contributed by atoms with Crippen LogP contribution in [0.4, 0.5) is 17.5 Å². The van der Waals surface area contributed by atoms with Crippen molar-refractivity contribution in [1.82, 2.24) is 9.97 Å². The molecule has 0 saturated heterocycles. The Labute approximate surface area is 197 Å². The minimum absolute atomic E-state index is 0.0555. The molecular weight excluding hydrogens is 436 g/mol. The van der Waals surface area contributed by atoms with Gasteiger partial charge >= 0.3 is 0 Å². The summed E-state index contributed by atoms with van der Waals surface area (Å²) >= 11 is 1.61. The highest BCUT2D eigenvalue weighted by Crippen LogP contribution is 2.32. The fourth-order valence-corrected chi connectivity index (χ4v) is 4.73. The molecule has 1 amide bonds. The maximum Gasteiger partial charge on any atom is 0.254 e. The molecule has 1 fully saturated rings. The number of benzene rings is 2. The highest BCUT2D eigenvalue weighted by atomic mass is 32.2. The van der Waals surface area contributed by atoms with Crippen molar-refractivity contribution in [2.75, 3.05) is 17.7 Å². The van der Waals surface area contributed by atoms with Gasteiger partial charge in [0.25, 0.3) is 5.91 Å². The number of carbonyl (C=O) groups excluding carboxylic acids is 1. The first-order valence-corrected chi connectivity index (χ1v) is 11.7. The molecule has 1 heterocycles. The number of nitrogens with one attached hydrogen (secondary N) is 2. The predicted octanol–water partition coefficient (Wildman–Crippen LogP) is 4.16. The zero-order chi connectivity index (χ0) is 23.2. The third-order valence-corrected chi connectivity index (χ3v) is 6.54. The van der Waals surface area contributed by atoms with Crippen molar-refractivity contribution in [3.8, 4) is 5.75 Å². The number of methoxy groups -OCH3 is 1. The predicted molar refractivity (Wildman–Crippen MR) is 131 cm³/mol. The van der Waals surface area contributed by atoms with Crippen molar-refractivity contribution in [3.63, 3.8) is 0 Å². The first-order valence-electron chi connectivity index (χ1n) is 10.9. The Morgan fingerprint density at radius 1 is 1.12 bits per heavy atom. The average molecular weight is 465 g/mol. The molecule has 2 unspecified atom stereocenters. The van der Waals surface area contributed by atoms with Gasteiger partial charge in [0.2, 0.25) is 5.95 Å². The van der Waals surface area contributed by atoms with E-state index in [2.05, 4.69) is 20.6 Å². The lowest BCUT2D eigenvalue weighted by molar-refractivity contribution is 0.100. The standard InChI is InChI=1S/C24H28N6O2S/c1-32-16-7-5-9-18(13-16)33-17-8-4-6-15(12-17)28-23-19(22(26)31)14-27-24(30-23)29-21-11-3-2-10-20(21)25/h4-9,12-14,20-21H,2-3,10-11,25H2,1H3,(H2,26,31)(H2,27,28,29,30). The van der Waals surface area contributed by atoms with Crippen LogP contribution < -0.4 is 26.8 Å². The zero-order valence-corrected chi connectivity index (χ0v) is 19.3. The molecule has 9 heteroatoms. The number of primary amides is 1. The molecule has 1 aromatic heterocycles. The van der Waals surface area contributed by atoms with Crippen molar-refractivity contribution < 1.29 is 9.53 Å². The smallest absolute Gasteiger partial charge is 0.254 e. The van der Waals surface area contributed by atoms with Gasteiger partial charge in [0.05, 0.1) is 7.11 Å². The van der Waals surface area contributed by atoms with E-state index in [1.807, 2.05) is 48.5 Å². The number of nitrogens with two attached hydrogens (primary N) is 2. The van der Waals surface area contributed by atoms with Crippen molar-refractivity contribution in [3.05, 3.63) is 60.3 Å². The number of anilines is 3. The summed E-state index contributed by atoms with van der Waals surface area (Å²) in [6.07, 6.45) is 5.64. The van der Waals surface area contributed by atoms with Crippen LogP contribution in [0.2, 0.25) is 0 Å². The van der Waals surface area contributed by atoms with Gasteiger partial charge in [-0.15, -0.1) is 0 Å². The van der Waals surface area contributed by atoms with Gasteiger partial charge in [0.1, 0.15) is 17.1 Å². The number of rotatable bonds is 8. The Kier molecular flexibility index (Phi) is 7.31. The molecule has 4 rings (SSSR count). The number of nitrogens with zero attached hydrogens (tertiary/aromatic N) is 2. The van der Waals surface area contributed by atoms with E-state index < -0.39 is 5.91 Å². The zero-order valence-electron chi connectivity index (χ0n) is 18.5. The summed E-state index contributed by atoms with van der Waals surface area (Å²) in [6, 6.07) is 15.9. The van der Waals surface area contributed by atoms with Crippen LogP contribution in [-0.4, -0.2) is 35.1 Å². The fraction of sp³-hybridized carbons (Fsp3) is 0.292. The Morgan fingerprint density at radius 2 is 1.88 bits per heavy atom. The molecule has 1 aliphatic rings. The average Bonchev–Trinajstić information content (AvgIpc) is 2.81. The van der Waals surface area contributed by atoms with E-state index in [1.54, 1.807) is 18.9 Å². The van der Waals surface area contributed by atoms with Crippen LogP contribution in [0.15, 0.2) is 64.5 Å². The van der Waals surface area contributed by atoms with Crippen LogP contribution in [0.1, 0.15) is 36.0 Å². The lowest BCUT2D eigenvalue weighted by atomic mass is 9.91. The summed E-state index contributed by atoms with van der Waals surface area (Å²) in [7, 11) is 1.65. The Balaban J connectivity index is 1.54. The van der Waals surface area contributed by atoms with Crippen LogP contribution >= 0.6 is 11.8 Å². The number of aromatic nitrogens is 2. The molecule has 0 radical (unpaired) electrons. The highest BCUT2D eigenvalue weighted by molar-refractivity contribution is 7.99. The molecule has 0 aliphatic heterocycles. The van der Waals surface area contributed by atoms with Gasteiger partial charge in [-0.2, -0.15) is 4.98 Å². The van der Waals surface area contributed by atoms with Crippen molar-refractivity contribution >= 4 is 35.1 Å². The molecule has 0 spiro atoms. The fourth-order valence-electron chi connectivity index (χ4n) is 3.81. The van der Waals surface area contributed by atoms with E-state index in [9.17, 15) is 4.79 Å². The van der Waals surface area contributed by atoms with E-state index in [0.29, 0.717) is 11.8 Å². The summed E-state index contributed by atoms with van der Waals surface area (Å²) < 4.78 is 5.31. The van der Waals surface area contributed by atoms with E-state index >= 15 is 0 Å². The first-order chi connectivity index (χ1) is 16.0. The van der Waals surface area contributed by atoms with Gasteiger partial charge in [-0.1, -0.05) is 36.7 Å². The largest absolute Gasteiger partial charge is 0.497 e. The number of carbonyl (C=O) groups is 1. The summed E-state index contributed by atoms with van der Waals surface area (Å²) in [6.45, 7) is 0. The minimum atomic E-state index is -0.597. The van der Waals surface area contributed by atoms with Crippen LogP contribution in [0.3, 0.4) is 0 Å². The maximum atomic E-state index is 12.0. The number of amides is 1. The van der Waals surface area contributed by atoms with Crippen molar-refractivity contribution in [2.45, 2.75) is 47.6 Å². The molecule has 172 valence electrons. The van der Waals surface area contributed by atoms with E-state index in [1.165, 1.54) is 6.20 Å². The second-order valence-corrected chi connectivity index (χ2v) is 9.10. The van der Waals surface area contributed by atoms with Gasteiger partial charge in [0, 0.05) is 33.8 Å². The molecule has 2 aromatic carbocycles. The Morgan fingerprint density at radius 3 is 2.64 bits per heavy atom. The number of ether oxygens (including phenoxy) is 1.